The molecule has 3 aromatic carbocycles. The molecule has 0 saturated heterocycles. The molecule has 0 saturated carbocycles. The van der Waals surface area contributed by atoms with Gasteiger partial charge in [-0.05, 0) is 24.2 Å². The van der Waals surface area contributed by atoms with Gasteiger partial charge in [-0.15, -0.1) is 0 Å². The topological polar surface area (TPSA) is 74.3 Å². The summed E-state index contributed by atoms with van der Waals surface area (Å²) in [5, 5.41) is 8.68. The monoisotopic (exact) mass is 635 g/mol. The van der Waals surface area contributed by atoms with Gasteiger partial charge in [0, 0.05) is 44.0 Å². The standard InChI is InChI=1S/C27H20N7.Ir/c1-18-30-25-27(33(18)2)31-23(16-28-25)26-32-29-17-34(26)24-21(19-10-5-3-6-11-19)14-9-15-22(24)20-12-7-4-8-13-20;/h3-15,17H,1-2H3;/q-1;. The van der Waals surface area contributed by atoms with Crippen LogP contribution in [-0.2, 0) is 27.2 Å². The Kier molecular flexibility index (Phi) is 6.07. The SMILES string of the molecule is Cc1nc2n[c-]c(-c3nncn3-c3c(-c4ccccc4)cccc3-c3ccccc3)nc2n1C.[Ir]. The largest absolute Gasteiger partial charge is 0.363 e. The van der Waals surface area contributed by atoms with E-state index in [-0.39, 0.29) is 20.1 Å². The Morgan fingerprint density at radius 1 is 0.771 bits per heavy atom. The Bertz CT molecular complexity index is 1560. The number of benzene rings is 3. The number of hydrogen-bond acceptors (Lipinski definition) is 5. The first-order valence-corrected chi connectivity index (χ1v) is 10.9. The zero-order chi connectivity index (χ0) is 23.1. The second-order valence-corrected chi connectivity index (χ2v) is 8.01. The van der Waals surface area contributed by atoms with E-state index in [9.17, 15) is 0 Å². The number of para-hydroxylation sites is 1. The Hall–Kier alpha value is -4.00. The number of imidazole rings is 1. The van der Waals surface area contributed by atoms with Crippen molar-refractivity contribution in [2.45, 2.75) is 6.92 Å². The molecule has 0 aliphatic rings. The van der Waals surface area contributed by atoms with E-state index < -0.39 is 0 Å². The van der Waals surface area contributed by atoms with Gasteiger partial charge in [0.05, 0.1) is 23.0 Å². The minimum atomic E-state index is 0. The molecule has 173 valence electrons. The molecular weight excluding hydrogens is 615 g/mol. The van der Waals surface area contributed by atoms with E-state index in [1.54, 1.807) is 6.33 Å². The second-order valence-electron chi connectivity index (χ2n) is 8.01. The summed E-state index contributed by atoms with van der Waals surface area (Å²) in [6.45, 7) is 1.92. The summed E-state index contributed by atoms with van der Waals surface area (Å²) < 4.78 is 3.88. The molecule has 8 heteroatoms. The van der Waals surface area contributed by atoms with Crippen molar-refractivity contribution in [3.63, 3.8) is 0 Å². The maximum absolute atomic E-state index is 4.79. The molecule has 3 aromatic heterocycles. The normalized spacial score (nSPS) is 10.9. The fourth-order valence-electron chi connectivity index (χ4n) is 4.18. The van der Waals surface area contributed by atoms with E-state index in [0.29, 0.717) is 22.8 Å². The van der Waals surface area contributed by atoms with Crippen LogP contribution in [0.15, 0.2) is 85.2 Å². The Balaban J connectivity index is 0.00000253. The molecule has 0 aliphatic heterocycles. The van der Waals surface area contributed by atoms with Crippen molar-refractivity contribution in [2.75, 3.05) is 0 Å². The molecule has 0 N–H and O–H groups in total. The summed E-state index contributed by atoms with van der Waals surface area (Å²) in [5.41, 5.74) is 7.04. The van der Waals surface area contributed by atoms with Gasteiger partial charge in [0.15, 0.2) is 0 Å². The smallest absolute Gasteiger partial charge is 0.120 e. The zero-order valence-corrected chi connectivity index (χ0v) is 21.4. The average molecular weight is 635 g/mol. The van der Waals surface area contributed by atoms with Crippen molar-refractivity contribution in [3.8, 4) is 39.5 Å². The molecule has 0 fully saturated rings. The van der Waals surface area contributed by atoms with Crippen LogP contribution in [0.25, 0.3) is 50.8 Å². The first-order chi connectivity index (χ1) is 16.7. The van der Waals surface area contributed by atoms with Crippen LogP contribution in [0.5, 0.6) is 0 Å². The van der Waals surface area contributed by atoms with Crippen LogP contribution >= 0.6 is 0 Å². The van der Waals surface area contributed by atoms with Crippen molar-refractivity contribution < 1.29 is 20.1 Å². The maximum atomic E-state index is 4.79. The molecule has 35 heavy (non-hydrogen) atoms. The Labute approximate surface area is 215 Å². The molecule has 6 aromatic rings. The van der Waals surface area contributed by atoms with E-state index in [1.165, 1.54) is 0 Å². The summed E-state index contributed by atoms with van der Waals surface area (Å²) in [6, 6.07) is 26.9. The third-order valence-electron chi connectivity index (χ3n) is 5.96. The molecule has 0 spiro atoms. The molecule has 0 unspecified atom stereocenters. The zero-order valence-electron chi connectivity index (χ0n) is 19.0. The first kappa shape index (κ1) is 22.8. The molecule has 0 aliphatic carbocycles. The molecule has 7 nitrogen and oxygen atoms in total. The third kappa shape index (κ3) is 3.97. The van der Waals surface area contributed by atoms with E-state index in [2.05, 4.69) is 68.8 Å². The molecule has 0 atom stereocenters. The van der Waals surface area contributed by atoms with Gasteiger partial charge >= 0.3 is 0 Å². The van der Waals surface area contributed by atoms with E-state index in [0.717, 1.165) is 33.8 Å². The van der Waals surface area contributed by atoms with Crippen LogP contribution in [0.4, 0.5) is 0 Å². The summed E-state index contributed by atoms with van der Waals surface area (Å²) >= 11 is 0. The second kappa shape index (κ2) is 9.33. The summed E-state index contributed by atoms with van der Waals surface area (Å²) in [7, 11) is 1.92. The van der Waals surface area contributed by atoms with Crippen molar-refractivity contribution >= 4 is 11.3 Å². The number of fused-ring (bicyclic) bond motifs is 1. The van der Waals surface area contributed by atoms with E-state index in [1.807, 2.05) is 59.5 Å². The van der Waals surface area contributed by atoms with Crippen LogP contribution in [-0.4, -0.2) is 34.3 Å². The molecule has 0 amide bonds. The van der Waals surface area contributed by atoms with Gasteiger partial charge in [-0.2, -0.15) is 10.2 Å². The van der Waals surface area contributed by atoms with E-state index >= 15 is 0 Å². The minimum absolute atomic E-state index is 0. The van der Waals surface area contributed by atoms with Gasteiger partial charge in [0.25, 0.3) is 0 Å². The summed E-state index contributed by atoms with van der Waals surface area (Å²) in [5.74, 6) is 1.40. The molecule has 0 bridgehead atoms. The van der Waals surface area contributed by atoms with Crippen LogP contribution in [0, 0.1) is 13.1 Å². The quantitative estimate of drug-likeness (QED) is 0.254. The summed E-state index contributed by atoms with van der Waals surface area (Å²) in [4.78, 5) is 13.6. The molecule has 3 heterocycles. The van der Waals surface area contributed by atoms with Crippen LogP contribution in [0.2, 0.25) is 0 Å². The van der Waals surface area contributed by atoms with Crippen LogP contribution in [0.3, 0.4) is 0 Å². The van der Waals surface area contributed by atoms with Gasteiger partial charge in [-0.1, -0.05) is 78.9 Å². The fourth-order valence-corrected chi connectivity index (χ4v) is 4.18. The Morgan fingerprint density at radius 2 is 1.40 bits per heavy atom. The summed E-state index contributed by atoms with van der Waals surface area (Å²) in [6.07, 6.45) is 4.74. The Morgan fingerprint density at radius 3 is 2.03 bits per heavy atom. The van der Waals surface area contributed by atoms with Crippen LogP contribution in [0.1, 0.15) is 5.82 Å². The van der Waals surface area contributed by atoms with Gasteiger partial charge in [-0.3, -0.25) is 9.97 Å². The number of aromatic nitrogens is 7. The maximum Gasteiger partial charge on any atom is 0.120 e. The average Bonchev–Trinajstić information content (AvgIpc) is 3.49. The molecule has 1 radical (unpaired) electrons. The van der Waals surface area contributed by atoms with Gasteiger partial charge in [0.1, 0.15) is 12.0 Å². The number of aryl methyl sites for hydroxylation is 2. The van der Waals surface area contributed by atoms with Crippen LogP contribution < -0.4 is 0 Å². The predicted molar refractivity (Wildman–Crippen MR) is 131 cm³/mol. The van der Waals surface area contributed by atoms with Crippen molar-refractivity contribution in [1.82, 2.24) is 34.3 Å². The third-order valence-corrected chi connectivity index (χ3v) is 5.96. The number of hydrogen-bond donors (Lipinski definition) is 0. The fraction of sp³-hybridized carbons (Fsp3) is 0.0741. The first-order valence-electron chi connectivity index (χ1n) is 10.9. The van der Waals surface area contributed by atoms with Crippen molar-refractivity contribution in [2.24, 2.45) is 7.05 Å². The molecule has 6 rings (SSSR count). The molecular formula is C27H20IrN7-. The predicted octanol–water partition coefficient (Wildman–Crippen LogP) is 5.05. The number of rotatable bonds is 4. The van der Waals surface area contributed by atoms with E-state index in [4.69, 9.17) is 4.98 Å². The van der Waals surface area contributed by atoms with Crippen molar-refractivity contribution in [3.05, 3.63) is 97.2 Å². The van der Waals surface area contributed by atoms with Gasteiger partial charge in [0.2, 0.25) is 0 Å². The van der Waals surface area contributed by atoms with Gasteiger partial charge < -0.3 is 14.1 Å². The minimum Gasteiger partial charge on any atom is -0.363 e. The van der Waals surface area contributed by atoms with Crippen molar-refractivity contribution in [1.29, 1.82) is 0 Å². The van der Waals surface area contributed by atoms with Gasteiger partial charge in [-0.25, -0.2) is 0 Å². The number of nitrogens with zero attached hydrogens (tertiary/aromatic N) is 7.